The highest BCUT2D eigenvalue weighted by Crippen LogP contribution is 2.45. The van der Waals surface area contributed by atoms with Gasteiger partial charge in [-0.1, -0.05) is 247 Å². The summed E-state index contributed by atoms with van der Waals surface area (Å²) in [7, 11) is -10.0. The van der Waals surface area contributed by atoms with E-state index in [1.54, 1.807) is 0 Å². The molecule has 0 spiro atoms. The predicted octanol–water partition coefficient (Wildman–Crippen LogP) is 22.3. The standard InChI is InChI=1S/C85H132O17P2/c1-5-9-13-17-21-25-29-33-37-39-43-45-49-53-57-61-65-69-82(87)95-75-80(101-84(89)71-67-63-59-55-51-47-41-35-31-27-23-19-15-11-7-3)77-99-103(91,92)97-73-79(86)74-98-104(93,94)100-78-81(102-85(90)72-68-64-60-56-52-48-42-36-32-28-24-20-16-12-8-4)76-96-83(88)70-66-62-58-54-50-46-44-40-38-34-30-26-22-18-14-10-6-2/h9-16,21-28,33-38,41-46,51-53,55-57,79-81,86H,5-8,17-20,29-32,39-40,47-50,54,58-78H2,1-4H3,(H,91,92)(H,93,94)/b13-9-,14-10-,15-11-,16-12-,25-21-,26-22-,27-23-,28-24-,37-33-,38-34-,41-35-,42-36-,45-43-,46-44-,55-51-,56-52-,57-53-. The van der Waals surface area contributed by atoms with E-state index in [0.29, 0.717) is 44.9 Å². The number of phosphoric ester groups is 2. The fourth-order valence-electron chi connectivity index (χ4n) is 9.05. The van der Waals surface area contributed by atoms with Gasteiger partial charge in [0.25, 0.3) is 0 Å². The molecule has 0 amide bonds. The Kier molecular flexibility index (Phi) is 70.3. The van der Waals surface area contributed by atoms with Crippen LogP contribution in [-0.4, -0.2) is 96.7 Å². The Bertz CT molecular complexity index is 2790. The summed E-state index contributed by atoms with van der Waals surface area (Å²) in [6, 6.07) is 0. The van der Waals surface area contributed by atoms with Crippen LogP contribution in [0.1, 0.15) is 246 Å². The minimum atomic E-state index is -5.02. The van der Waals surface area contributed by atoms with E-state index in [9.17, 15) is 43.2 Å². The number of carbonyl (C=O) groups is 4. The lowest BCUT2D eigenvalue weighted by molar-refractivity contribution is -0.161. The van der Waals surface area contributed by atoms with Crippen molar-refractivity contribution in [2.24, 2.45) is 0 Å². The average Bonchev–Trinajstić information content (AvgIpc) is 0.937. The maximum Gasteiger partial charge on any atom is 0.472 e. The molecule has 0 aliphatic carbocycles. The highest BCUT2D eigenvalue weighted by atomic mass is 31.2. The molecule has 0 heterocycles. The van der Waals surface area contributed by atoms with Crippen LogP contribution in [0.4, 0.5) is 0 Å². The maximum atomic E-state index is 13.1. The van der Waals surface area contributed by atoms with Crippen LogP contribution in [0.5, 0.6) is 0 Å². The van der Waals surface area contributed by atoms with E-state index in [2.05, 4.69) is 216 Å². The first-order valence-electron chi connectivity index (χ1n) is 38.3. The second-order valence-corrected chi connectivity index (χ2v) is 27.3. The third-order valence-corrected chi connectivity index (χ3v) is 16.6. The van der Waals surface area contributed by atoms with Crippen molar-refractivity contribution in [1.29, 1.82) is 0 Å². The molecule has 0 aliphatic heterocycles. The second-order valence-electron chi connectivity index (χ2n) is 24.4. The molecule has 584 valence electrons. The average molecular weight is 1490 g/mol. The third-order valence-electron chi connectivity index (χ3n) is 14.7. The fraction of sp³-hybridized carbons (Fsp3) is 0.553. The van der Waals surface area contributed by atoms with Crippen molar-refractivity contribution in [3.05, 3.63) is 207 Å². The van der Waals surface area contributed by atoms with Crippen molar-refractivity contribution < 1.29 is 80.2 Å². The molecule has 0 radical (unpaired) electrons. The largest absolute Gasteiger partial charge is 0.472 e. The van der Waals surface area contributed by atoms with E-state index in [0.717, 1.165) is 148 Å². The summed E-state index contributed by atoms with van der Waals surface area (Å²) in [5.74, 6) is -2.40. The molecule has 0 saturated heterocycles. The number of ether oxygens (including phenoxy) is 4. The maximum absolute atomic E-state index is 13.1. The summed E-state index contributed by atoms with van der Waals surface area (Å²) in [6.45, 7) is 4.17. The molecule has 0 rings (SSSR count). The van der Waals surface area contributed by atoms with Gasteiger partial charge in [-0.15, -0.1) is 0 Å². The molecule has 0 saturated carbocycles. The molecule has 0 aromatic rings. The quantitative estimate of drug-likeness (QED) is 0.0169. The van der Waals surface area contributed by atoms with Crippen LogP contribution in [-0.2, 0) is 65.4 Å². The van der Waals surface area contributed by atoms with Gasteiger partial charge in [-0.3, -0.25) is 37.3 Å². The Balaban J connectivity index is 5.54. The van der Waals surface area contributed by atoms with Crippen molar-refractivity contribution >= 4 is 39.5 Å². The van der Waals surface area contributed by atoms with Gasteiger partial charge in [-0.05, 0) is 180 Å². The van der Waals surface area contributed by atoms with E-state index in [-0.39, 0.29) is 25.7 Å². The van der Waals surface area contributed by atoms with Gasteiger partial charge < -0.3 is 33.8 Å². The Hall–Kier alpha value is -6.36. The van der Waals surface area contributed by atoms with Crippen LogP contribution in [0.2, 0.25) is 0 Å². The predicted molar refractivity (Wildman–Crippen MR) is 426 cm³/mol. The van der Waals surface area contributed by atoms with Crippen LogP contribution in [0.25, 0.3) is 0 Å². The number of phosphoric acid groups is 2. The number of aliphatic hydroxyl groups is 1. The summed E-state index contributed by atoms with van der Waals surface area (Å²) < 4.78 is 68.4. The lowest BCUT2D eigenvalue weighted by Crippen LogP contribution is -2.30. The molecule has 5 atom stereocenters. The topological polar surface area (TPSA) is 237 Å². The van der Waals surface area contributed by atoms with E-state index in [4.69, 9.17) is 37.0 Å². The minimum absolute atomic E-state index is 0.0197. The molecule has 17 nitrogen and oxygen atoms in total. The van der Waals surface area contributed by atoms with Gasteiger partial charge in [0.05, 0.1) is 26.4 Å². The van der Waals surface area contributed by atoms with E-state index >= 15 is 0 Å². The summed E-state index contributed by atoms with van der Waals surface area (Å²) in [5, 5.41) is 10.6. The molecule has 0 aliphatic rings. The summed E-state index contributed by atoms with van der Waals surface area (Å²) in [5.41, 5.74) is 0. The van der Waals surface area contributed by atoms with Crippen LogP contribution in [0.3, 0.4) is 0 Å². The van der Waals surface area contributed by atoms with Crippen molar-refractivity contribution in [1.82, 2.24) is 0 Å². The van der Waals surface area contributed by atoms with Crippen molar-refractivity contribution in [3.63, 3.8) is 0 Å². The monoisotopic (exact) mass is 1490 g/mol. The van der Waals surface area contributed by atoms with E-state index in [1.807, 2.05) is 18.2 Å². The Labute approximate surface area is 627 Å². The molecular formula is C85H132O17P2. The van der Waals surface area contributed by atoms with Crippen LogP contribution in [0.15, 0.2) is 207 Å². The van der Waals surface area contributed by atoms with Crippen molar-refractivity contribution in [2.75, 3.05) is 39.6 Å². The van der Waals surface area contributed by atoms with E-state index in [1.165, 1.54) is 0 Å². The summed E-state index contributed by atoms with van der Waals surface area (Å²) in [4.78, 5) is 72.9. The summed E-state index contributed by atoms with van der Waals surface area (Å²) >= 11 is 0. The van der Waals surface area contributed by atoms with Gasteiger partial charge in [0.2, 0.25) is 0 Å². The smallest absolute Gasteiger partial charge is 0.462 e. The zero-order valence-electron chi connectivity index (χ0n) is 63.6. The van der Waals surface area contributed by atoms with Crippen molar-refractivity contribution in [3.8, 4) is 0 Å². The number of rotatable bonds is 69. The zero-order valence-corrected chi connectivity index (χ0v) is 65.4. The SMILES string of the molecule is CC/C=C\C/C=C\C/C=C\C/C=C\C/C=C\CCCC(=O)OCC(COP(=O)(O)OCC(O)COP(=O)(O)OCC(COC(=O)CCCCCC/C=C\C/C=C\C/C=C\C/C=C\CC)OC(=O)CCCC/C=C\C/C=C\C/C=C\C/C=C\CC)OC(=O)CCCC/C=C\C/C=C\C/C=C\C/C=C\CC. The van der Waals surface area contributed by atoms with E-state index < -0.39 is 97.5 Å². The van der Waals surface area contributed by atoms with Crippen LogP contribution < -0.4 is 0 Å². The number of esters is 4. The van der Waals surface area contributed by atoms with Gasteiger partial charge in [-0.2, -0.15) is 0 Å². The lowest BCUT2D eigenvalue weighted by Gasteiger charge is -2.21. The second kappa shape index (κ2) is 74.9. The molecule has 0 fully saturated rings. The normalized spacial score (nSPS) is 15.0. The fourth-order valence-corrected chi connectivity index (χ4v) is 10.6. The Morgan fingerprint density at radius 1 is 0.269 bits per heavy atom. The van der Waals surface area contributed by atoms with Gasteiger partial charge in [0.1, 0.15) is 19.3 Å². The molecule has 3 N–H and O–H groups in total. The number of aliphatic hydroxyl groups excluding tert-OH is 1. The molecule has 0 bridgehead atoms. The molecular weight excluding hydrogens is 1350 g/mol. The first kappa shape index (κ1) is 97.6. The highest BCUT2D eigenvalue weighted by molar-refractivity contribution is 7.47. The van der Waals surface area contributed by atoms with Gasteiger partial charge in [0.15, 0.2) is 12.2 Å². The number of carbonyl (C=O) groups excluding carboxylic acids is 4. The molecule has 5 unspecified atom stereocenters. The van der Waals surface area contributed by atoms with Crippen molar-refractivity contribution in [2.45, 2.75) is 264 Å². The van der Waals surface area contributed by atoms with Crippen LogP contribution in [0, 0.1) is 0 Å². The Morgan fingerprint density at radius 2 is 0.481 bits per heavy atom. The number of hydrogen-bond donors (Lipinski definition) is 3. The van der Waals surface area contributed by atoms with Crippen LogP contribution >= 0.6 is 15.6 Å². The lowest BCUT2D eigenvalue weighted by atomic mass is 10.1. The first-order chi connectivity index (χ1) is 50.7. The molecule has 0 aromatic carbocycles. The van der Waals surface area contributed by atoms with Gasteiger partial charge >= 0.3 is 39.5 Å². The molecule has 0 aromatic heterocycles. The minimum Gasteiger partial charge on any atom is -0.462 e. The first-order valence-corrected chi connectivity index (χ1v) is 41.3. The van der Waals surface area contributed by atoms with Gasteiger partial charge in [0, 0.05) is 25.7 Å². The third kappa shape index (κ3) is 73.9. The number of unbranched alkanes of at least 4 members (excludes halogenated alkanes) is 9. The zero-order chi connectivity index (χ0) is 76.0. The Morgan fingerprint density at radius 3 is 0.769 bits per heavy atom. The number of allylic oxidation sites excluding steroid dienone is 34. The number of hydrogen-bond acceptors (Lipinski definition) is 15. The molecule has 104 heavy (non-hydrogen) atoms. The molecule has 19 heteroatoms. The summed E-state index contributed by atoms with van der Waals surface area (Å²) in [6.07, 6.45) is 92.6. The van der Waals surface area contributed by atoms with Gasteiger partial charge in [-0.25, -0.2) is 9.13 Å². The highest BCUT2D eigenvalue weighted by Gasteiger charge is 2.30.